The van der Waals surface area contributed by atoms with Crippen molar-refractivity contribution in [2.75, 3.05) is 44.6 Å². The Morgan fingerprint density at radius 2 is 1.73 bits per heavy atom. The Kier molecular flexibility index (Phi) is 6.36. The Hall–Kier alpha value is -2.24. The van der Waals surface area contributed by atoms with Crippen molar-refractivity contribution in [2.45, 2.75) is 13.3 Å². The summed E-state index contributed by atoms with van der Waals surface area (Å²) in [5.74, 6) is -0.388. The Labute approximate surface area is 154 Å². The molecule has 0 unspecified atom stereocenters. The average molecular weight is 355 g/mol. The van der Waals surface area contributed by atoms with E-state index < -0.39 is 0 Å². The first-order valence-corrected chi connectivity index (χ1v) is 9.15. The van der Waals surface area contributed by atoms with Crippen LogP contribution in [0.5, 0.6) is 0 Å². The quantitative estimate of drug-likeness (QED) is 0.865. The molecule has 1 N–H and O–H groups in total. The van der Waals surface area contributed by atoms with E-state index in [1.54, 1.807) is 19.1 Å². The molecule has 0 spiro atoms. The van der Waals surface area contributed by atoms with E-state index in [4.69, 9.17) is 0 Å². The Morgan fingerprint density at radius 3 is 2.42 bits per heavy atom. The van der Waals surface area contributed by atoms with Crippen molar-refractivity contribution in [3.05, 3.63) is 65.5 Å². The Morgan fingerprint density at radius 1 is 1.04 bits per heavy atom. The van der Waals surface area contributed by atoms with Gasteiger partial charge in [0.1, 0.15) is 5.82 Å². The first kappa shape index (κ1) is 18.5. The van der Waals surface area contributed by atoms with Gasteiger partial charge in [0.2, 0.25) is 5.91 Å². The highest BCUT2D eigenvalue weighted by Crippen LogP contribution is 2.13. The summed E-state index contributed by atoms with van der Waals surface area (Å²) in [6.45, 7) is 6.81. The molecule has 1 saturated heterocycles. The van der Waals surface area contributed by atoms with Gasteiger partial charge in [-0.2, -0.15) is 0 Å². The number of halogens is 1. The minimum atomic E-state index is -0.296. The van der Waals surface area contributed by atoms with Gasteiger partial charge in [-0.05, 0) is 36.6 Å². The molecule has 26 heavy (non-hydrogen) atoms. The van der Waals surface area contributed by atoms with Crippen LogP contribution >= 0.6 is 0 Å². The number of nitrogens with one attached hydrogen (secondary N) is 1. The van der Waals surface area contributed by atoms with Crippen molar-refractivity contribution < 1.29 is 9.18 Å². The van der Waals surface area contributed by atoms with Crippen molar-refractivity contribution in [1.29, 1.82) is 0 Å². The number of hydrogen-bond donors (Lipinski definition) is 1. The van der Waals surface area contributed by atoms with Crippen molar-refractivity contribution in [3.8, 4) is 0 Å². The van der Waals surface area contributed by atoms with Crippen LogP contribution in [-0.4, -0.2) is 55.0 Å². The zero-order valence-electron chi connectivity index (χ0n) is 15.2. The van der Waals surface area contributed by atoms with Gasteiger partial charge in [-0.1, -0.05) is 36.4 Å². The molecule has 0 atom stereocenters. The minimum Gasteiger partial charge on any atom is -0.325 e. The highest BCUT2D eigenvalue weighted by molar-refractivity contribution is 5.92. The predicted octanol–water partition coefficient (Wildman–Crippen LogP) is 2.93. The van der Waals surface area contributed by atoms with E-state index in [9.17, 15) is 9.18 Å². The topological polar surface area (TPSA) is 35.6 Å². The average Bonchev–Trinajstić information content (AvgIpc) is 2.65. The first-order chi connectivity index (χ1) is 12.6. The number of benzene rings is 2. The Balaban J connectivity index is 1.39. The van der Waals surface area contributed by atoms with Crippen LogP contribution in [0.2, 0.25) is 0 Å². The molecule has 1 aliphatic rings. The van der Waals surface area contributed by atoms with Gasteiger partial charge in [-0.25, -0.2) is 4.39 Å². The lowest BCUT2D eigenvalue weighted by Crippen LogP contribution is -2.49. The van der Waals surface area contributed by atoms with Crippen molar-refractivity contribution >= 4 is 11.6 Å². The number of carbonyl (C=O) groups is 1. The van der Waals surface area contributed by atoms with Gasteiger partial charge >= 0.3 is 0 Å². The number of nitrogens with zero attached hydrogens (tertiary/aromatic N) is 2. The van der Waals surface area contributed by atoms with Gasteiger partial charge in [-0.15, -0.1) is 0 Å². The largest absolute Gasteiger partial charge is 0.325 e. The molecule has 1 amide bonds. The zero-order chi connectivity index (χ0) is 18.4. The highest BCUT2D eigenvalue weighted by atomic mass is 19.1. The second-order valence-electron chi connectivity index (χ2n) is 6.87. The van der Waals surface area contributed by atoms with Crippen molar-refractivity contribution in [2.24, 2.45) is 0 Å². The lowest BCUT2D eigenvalue weighted by atomic mass is 10.1. The monoisotopic (exact) mass is 355 g/mol. The summed E-state index contributed by atoms with van der Waals surface area (Å²) in [5.41, 5.74) is 2.45. The van der Waals surface area contributed by atoms with Gasteiger partial charge in [0.05, 0.1) is 6.54 Å². The van der Waals surface area contributed by atoms with Crippen molar-refractivity contribution in [3.63, 3.8) is 0 Å². The van der Waals surface area contributed by atoms with Gasteiger partial charge < -0.3 is 10.2 Å². The molecule has 5 heteroatoms. The number of aryl methyl sites for hydroxylation is 1. The lowest BCUT2D eigenvalue weighted by Gasteiger charge is -2.34. The number of anilines is 1. The van der Waals surface area contributed by atoms with Gasteiger partial charge in [0.25, 0.3) is 0 Å². The SMILES string of the molecule is Cc1ccc(NC(=O)CN2CCN(CCc3ccccc3)CC2)cc1F. The normalized spacial score (nSPS) is 15.8. The lowest BCUT2D eigenvalue weighted by molar-refractivity contribution is -0.117. The molecular weight excluding hydrogens is 329 g/mol. The molecule has 4 nitrogen and oxygen atoms in total. The molecule has 0 aliphatic carbocycles. The summed E-state index contributed by atoms with van der Waals surface area (Å²) >= 11 is 0. The van der Waals surface area contributed by atoms with E-state index in [2.05, 4.69) is 39.4 Å². The van der Waals surface area contributed by atoms with Crippen molar-refractivity contribution in [1.82, 2.24) is 9.80 Å². The van der Waals surface area contributed by atoms with E-state index in [0.29, 0.717) is 17.8 Å². The van der Waals surface area contributed by atoms with Crippen LogP contribution in [0.1, 0.15) is 11.1 Å². The predicted molar refractivity (Wildman–Crippen MR) is 103 cm³/mol. The van der Waals surface area contributed by atoms with E-state index in [1.165, 1.54) is 11.6 Å². The summed E-state index contributed by atoms with van der Waals surface area (Å²) in [4.78, 5) is 16.8. The Bertz CT molecular complexity index is 727. The van der Waals surface area contributed by atoms with Gasteiger partial charge in [0, 0.05) is 38.4 Å². The summed E-state index contributed by atoms with van der Waals surface area (Å²) in [5, 5.41) is 2.78. The molecule has 2 aromatic rings. The summed E-state index contributed by atoms with van der Waals surface area (Å²) < 4.78 is 13.6. The number of hydrogen-bond acceptors (Lipinski definition) is 3. The summed E-state index contributed by atoms with van der Waals surface area (Å²) in [6.07, 6.45) is 1.06. The molecule has 3 rings (SSSR count). The number of amides is 1. The van der Waals surface area contributed by atoms with E-state index >= 15 is 0 Å². The van der Waals surface area contributed by atoms with E-state index in [-0.39, 0.29) is 11.7 Å². The van der Waals surface area contributed by atoms with Gasteiger partial charge in [0.15, 0.2) is 0 Å². The third kappa shape index (κ3) is 5.38. The summed E-state index contributed by atoms with van der Waals surface area (Å²) in [7, 11) is 0. The van der Waals surface area contributed by atoms with Crippen LogP contribution in [0.4, 0.5) is 10.1 Å². The van der Waals surface area contributed by atoms with E-state index in [1.807, 2.05) is 6.07 Å². The number of rotatable bonds is 6. The van der Waals surface area contributed by atoms with Crippen LogP contribution in [0.25, 0.3) is 0 Å². The zero-order valence-corrected chi connectivity index (χ0v) is 15.2. The number of carbonyl (C=O) groups excluding carboxylic acids is 1. The smallest absolute Gasteiger partial charge is 0.238 e. The maximum absolute atomic E-state index is 13.6. The fourth-order valence-corrected chi connectivity index (χ4v) is 3.18. The second kappa shape index (κ2) is 8.92. The molecule has 138 valence electrons. The molecule has 1 fully saturated rings. The van der Waals surface area contributed by atoms with Gasteiger partial charge in [-0.3, -0.25) is 9.69 Å². The maximum atomic E-state index is 13.6. The third-order valence-electron chi connectivity index (χ3n) is 4.85. The highest BCUT2D eigenvalue weighted by Gasteiger charge is 2.18. The number of piperazine rings is 1. The molecule has 0 saturated carbocycles. The molecule has 1 heterocycles. The first-order valence-electron chi connectivity index (χ1n) is 9.15. The fraction of sp³-hybridized carbons (Fsp3) is 0.381. The standard InChI is InChI=1S/C21H26FN3O/c1-17-7-8-19(15-20(17)22)23-21(26)16-25-13-11-24(12-14-25)10-9-18-5-3-2-4-6-18/h2-8,15H,9-14,16H2,1H3,(H,23,26). The van der Waals surface area contributed by atoms with Crippen LogP contribution in [0.15, 0.2) is 48.5 Å². The van der Waals surface area contributed by atoms with Crippen LogP contribution < -0.4 is 5.32 Å². The van der Waals surface area contributed by atoms with E-state index in [0.717, 1.165) is 39.1 Å². The molecule has 2 aromatic carbocycles. The summed E-state index contributed by atoms with van der Waals surface area (Å²) in [6, 6.07) is 15.3. The van der Waals surface area contributed by atoms with Crippen LogP contribution in [0, 0.1) is 12.7 Å². The van der Waals surface area contributed by atoms with Crippen LogP contribution in [-0.2, 0) is 11.2 Å². The van der Waals surface area contributed by atoms with Crippen LogP contribution in [0.3, 0.4) is 0 Å². The maximum Gasteiger partial charge on any atom is 0.238 e. The molecule has 1 aliphatic heterocycles. The second-order valence-corrected chi connectivity index (χ2v) is 6.87. The molecular formula is C21H26FN3O. The minimum absolute atomic E-state index is 0.0917. The third-order valence-corrected chi connectivity index (χ3v) is 4.85. The molecule has 0 bridgehead atoms. The molecule has 0 aromatic heterocycles. The fourth-order valence-electron chi connectivity index (χ4n) is 3.18. The molecule has 0 radical (unpaired) electrons.